The van der Waals surface area contributed by atoms with Crippen LogP contribution < -0.4 is 14.8 Å². The predicted molar refractivity (Wildman–Crippen MR) is 106 cm³/mol. The largest absolute Gasteiger partial charge is 0.497 e. The van der Waals surface area contributed by atoms with Gasteiger partial charge in [0, 0.05) is 31.0 Å². The molecule has 1 aliphatic heterocycles. The van der Waals surface area contributed by atoms with Gasteiger partial charge in [0.2, 0.25) is 0 Å². The average molecular weight is 367 g/mol. The first-order valence-corrected chi connectivity index (χ1v) is 9.27. The standard InChI is InChI=1S/C21H25N3O3/c1-14-6-4-10-24-20(14)23-19(21(24)22-13-16-7-5-11-27-16)17-9-8-15(25-2)12-18(17)26-3/h4,6,8-10,12,16,22H,5,7,11,13H2,1-3H3. The molecule has 0 amide bonds. The quantitative estimate of drug-likeness (QED) is 0.716. The van der Waals surface area contributed by atoms with Gasteiger partial charge in [-0.05, 0) is 43.5 Å². The number of aromatic nitrogens is 2. The Kier molecular flexibility index (Phi) is 4.90. The zero-order valence-electron chi connectivity index (χ0n) is 16.0. The highest BCUT2D eigenvalue weighted by Gasteiger charge is 2.21. The summed E-state index contributed by atoms with van der Waals surface area (Å²) >= 11 is 0. The van der Waals surface area contributed by atoms with Gasteiger partial charge in [-0.3, -0.25) is 4.40 Å². The van der Waals surface area contributed by atoms with Gasteiger partial charge >= 0.3 is 0 Å². The minimum absolute atomic E-state index is 0.242. The number of nitrogens with zero attached hydrogens (tertiary/aromatic N) is 2. The molecule has 0 aliphatic carbocycles. The van der Waals surface area contributed by atoms with Gasteiger partial charge in [0.05, 0.1) is 20.3 Å². The van der Waals surface area contributed by atoms with Gasteiger partial charge in [-0.25, -0.2) is 4.98 Å². The van der Waals surface area contributed by atoms with E-state index in [2.05, 4.69) is 22.7 Å². The highest BCUT2D eigenvalue weighted by molar-refractivity contribution is 5.81. The Labute approximate surface area is 159 Å². The number of fused-ring (bicyclic) bond motifs is 1. The summed E-state index contributed by atoms with van der Waals surface area (Å²) in [5.41, 5.74) is 3.84. The van der Waals surface area contributed by atoms with Crippen LogP contribution in [-0.4, -0.2) is 42.9 Å². The molecule has 1 fully saturated rings. The first-order valence-electron chi connectivity index (χ1n) is 9.27. The zero-order valence-corrected chi connectivity index (χ0v) is 16.0. The summed E-state index contributed by atoms with van der Waals surface area (Å²) in [6, 6.07) is 9.91. The first kappa shape index (κ1) is 17.7. The number of benzene rings is 1. The summed E-state index contributed by atoms with van der Waals surface area (Å²) in [7, 11) is 3.32. The molecule has 1 saturated heterocycles. The van der Waals surface area contributed by atoms with Crippen molar-refractivity contribution in [3.8, 4) is 22.8 Å². The van der Waals surface area contributed by atoms with E-state index >= 15 is 0 Å². The van der Waals surface area contributed by atoms with Crippen LogP contribution in [0.1, 0.15) is 18.4 Å². The minimum atomic E-state index is 0.242. The van der Waals surface area contributed by atoms with E-state index in [1.54, 1.807) is 14.2 Å². The Morgan fingerprint density at radius 1 is 1.26 bits per heavy atom. The number of nitrogens with one attached hydrogen (secondary N) is 1. The van der Waals surface area contributed by atoms with E-state index in [9.17, 15) is 0 Å². The summed E-state index contributed by atoms with van der Waals surface area (Å²) < 4.78 is 18.8. The number of ether oxygens (including phenoxy) is 3. The number of hydrogen-bond donors (Lipinski definition) is 1. The fourth-order valence-electron chi connectivity index (χ4n) is 3.57. The van der Waals surface area contributed by atoms with Crippen molar-refractivity contribution in [2.24, 2.45) is 0 Å². The van der Waals surface area contributed by atoms with E-state index in [-0.39, 0.29) is 6.10 Å². The van der Waals surface area contributed by atoms with Crippen molar-refractivity contribution < 1.29 is 14.2 Å². The molecule has 1 aromatic carbocycles. The number of anilines is 1. The van der Waals surface area contributed by atoms with Gasteiger partial charge in [-0.1, -0.05) is 6.07 Å². The lowest BCUT2D eigenvalue weighted by molar-refractivity contribution is 0.120. The van der Waals surface area contributed by atoms with E-state index in [1.165, 1.54) is 0 Å². The molecule has 2 aromatic heterocycles. The van der Waals surface area contributed by atoms with E-state index in [0.717, 1.165) is 65.8 Å². The topological polar surface area (TPSA) is 57.0 Å². The van der Waals surface area contributed by atoms with Crippen LogP contribution in [-0.2, 0) is 4.74 Å². The highest BCUT2D eigenvalue weighted by Crippen LogP contribution is 2.37. The van der Waals surface area contributed by atoms with Crippen molar-refractivity contribution >= 4 is 11.5 Å². The van der Waals surface area contributed by atoms with Crippen LogP contribution in [0.25, 0.3) is 16.9 Å². The summed E-state index contributed by atoms with van der Waals surface area (Å²) in [5.74, 6) is 2.44. The molecule has 0 bridgehead atoms. The van der Waals surface area contributed by atoms with Gasteiger partial charge in [0.25, 0.3) is 0 Å². The van der Waals surface area contributed by atoms with E-state index in [1.807, 2.05) is 30.5 Å². The Balaban J connectivity index is 1.81. The number of methoxy groups -OCH3 is 2. The lowest BCUT2D eigenvalue weighted by Gasteiger charge is -2.14. The van der Waals surface area contributed by atoms with Gasteiger partial charge in [-0.15, -0.1) is 0 Å². The molecular formula is C21H25N3O3. The SMILES string of the molecule is COc1ccc(-c2nc3c(C)cccn3c2NCC2CCCO2)c(OC)c1. The molecule has 3 aromatic rings. The first-order chi connectivity index (χ1) is 13.2. The van der Waals surface area contributed by atoms with E-state index in [4.69, 9.17) is 19.2 Å². The van der Waals surface area contributed by atoms with Crippen LogP contribution in [0.2, 0.25) is 0 Å². The second kappa shape index (κ2) is 7.48. The molecule has 142 valence electrons. The molecule has 1 N–H and O–H groups in total. The lowest BCUT2D eigenvalue weighted by atomic mass is 10.1. The summed E-state index contributed by atoms with van der Waals surface area (Å²) in [4.78, 5) is 4.93. The van der Waals surface area contributed by atoms with Crippen LogP contribution in [0.3, 0.4) is 0 Å². The highest BCUT2D eigenvalue weighted by atomic mass is 16.5. The van der Waals surface area contributed by atoms with Crippen molar-refractivity contribution in [2.45, 2.75) is 25.9 Å². The van der Waals surface area contributed by atoms with Gasteiger partial charge in [0.15, 0.2) is 0 Å². The lowest BCUT2D eigenvalue weighted by Crippen LogP contribution is -2.19. The number of hydrogen-bond acceptors (Lipinski definition) is 5. The van der Waals surface area contributed by atoms with Crippen molar-refractivity contribution in [2.75, 3.05) is 32.7 Å². The van der Waals surface area contributed by atoms with Gasteiger partial charge in [-0.2, -0.15) is 0 Å². The number of aryl methyl sites for hydroxylation is 1. The number of rotatable bonds is 6. The van der Waals surface area contributed by atoms with Crippen LogP contribution in [0.15, 0.2) is 36.5 Å². The Hall–Kier alpha value is -2.73. The maximum Gasteiger partial charge on any atom is 0.142 e. The van der Waals surface area contributed by atoms with Crippen LogP contribution in [0.4, 0.5) is 5.82 Å². The maximum absolute atomic E-state index is 5.77. The Morgan fingerprint density at radius 3 is 2.89 bits per heavy atom. The molecule has 1 atom stereocenters. The normalized spacial score (nSPS) is 16.6. The molecule has 6 nitrogen and oxygen atoms in total. The molecule has 1 unspecified atom stereocenters. The van der Waals surface area contributed by atoms with Crippen molar-refractivity contribution in [3.05, 3.63) is 42.1 Å². The molecule has 0 spiro atoms. The Bertz CT molecular complexity index is 945. The summed E-state index contributed by atoms with van der Waals surface area (Å²) in [6.45, 7) is 3.67. The van der Waals surface area contributed by atoms with Crippen LogP contribution in [0, 0.1) is 6.92 Å². The minimum Gasteiger partial charge on any atom is -0.497 e. The second-order valence-electron chi connectivity index (χ2n) is 6.78. The predicted octanol–water partition coefficient (Wildman–Crippen LogP) is 3.92. The van der Waals surface area contributed by atoms with Gasteiger partial charge < -0.3 is 19.5 Å². The molecule has 0 radical (unpaired) electrons. The number of imidazole rings is 1. The van der Waals surface area contributed by atoms with Crippen molar-refractivity contribution in [3.63, 3.8) is 0 Å². The van der Waals surface area contributed by atoms with Crippen molar-refractivity contribution in [1.82, 2.24) is 9.38 Å². The molecular weight excluding hydrogens is 342 g/mol. The van der Waals surface area contributed by atoms with Crippen LogP contribution >= 0.6 is 0 Å². The third kappa shape index (κ3) is 3.32. The van der Waals surface area contributed by atoms with Crippen LogP contribution in [0.5, 0.6) is 11.5 Å². The molecule has 27 heavy (non-hydrogen) atoms. The molecule has 4 rings (SSSR count). The smallest absolute Gasteiger partial charge is 0.142 e. The second-order valence-corrected chi connectivity index (χ2v) is 6.78. The average Bonchev–Trinajstić information content (AvgIpc) is 3.34. The fraction of sp³-hybridized carbons (Fsp3) is 0.381. The summed E-state index contributed by atoms with van der Waals surface area (Å²) in [5, 5.41) is 3.57. The molecule has 0 saturated carbocycles. The number of pyridine rings is 1. The Morgan fingerprint density at radius 2 is 2.15 bits per heavy atom. The molecule has 1 aliphatic rings. The third-order valence-corrected chi connectivity index (χ3v) is 5.03. The maximum atomic E-state index is 5.77. The van der Waals surface area contributed by atoms with E-state index in [0.29, 0.717) is 0 Å². The molecule has 3 heterocycles. The fourth-order valence-corrected chi connectivity index (χ4v) is 3.57. The van der Waals surface area contributed by atoms with E-state index < -0.39 is 0 Å². The monoisotopic (exact) mass is 367 g/mol. The molecule has 6 heteroatoms. The third-order valence-electron chi connectivity index (χ3n) is 5.03. The summed E-state index contributed by atoms with van der Waals surface area (Å²) in [6.07, 6.45) is 4.49. The zero-order chi connectivity index (χ0) is 18.8. The van der Waals surface area contributed by atoms with Gasteiger partial charge in [0.1, 0.15) is 28.7 Å². The van der Waals surface area contributed by atoms with Crippen molar-refractivity contribution in [1.29, 1.82) is 0 Å².